The van der Waals surface area contributed by atoms with Crippen LogP contribution >= 0.6 is 11.6 Å². The molecule has 1 fully saturated rings. The van der Waals surface area contributed by atoms with E-state index >= 15 is 0 Å². The number of aromatic nitrogens is 2. The highest BCUT2D eigenvalue weighted by Gasteiger charge is 2.18. The highest BCUT2D eigenvalue weighted by atomic mass is 35.5. The van der Waals surface area contributed by atoms with E-state index < -0.39 is 0 Å². The van der Waals surface area contributed by atoms with E-state index in [1.165, 1.54) is 5.56 Å². The maximum atomic E-state index is 8.93. The zero-order valence-electron chi connectivity index (χ0n) is 12.1. The van der Waals surface area contributed by atoms with Gasteiger partial charge in [0, 0.05) is 38.9 Å². The van der Waals surface area contributed by atoms with Crippen molar-refractivity contribution in [3.05, 3.63) is 52.9 Å². The first kappa shape index (κ1) is 14.8. The van der Waals surface area contributed by atoms with Crippen molar-refractivity contribution >= 4 is 17.4 Å². The molecule has 0 aromatic carbocycles. The number of piperazine rings is 1. The van der Waals surface area contributed by atoms with Crippen LogP contribution in [0.3, 0.4) is 0 Å². The van der Waals surface area contributed by atoms with Crippen LogP contribution in [0.25, 0.3) is 0 Å². The van der Waals surface area contributed by atoms with Crippen molar-refractivity contribution in [3.63, 3.8) is 0 Å². The van der Waals surface area contributed by atoms with Crippen LogP contribution in [-0.4, -0.2) is 41.0 Å². The van der Waals surface area contributed by atoms with Crippen molar-refractivity contribution in [1.82, 2.24) is 14.9 Å². The van der Waals surface area contributed by atoms with E-state index in [0.29, 0.717) is 10.8 Å². The van der Waals surface area contributed by atoms with E-state index in [4.69, 9.17) is 16.9 Å². The molecule has 22 heavy (non-hydrogen) atoms. The van der Waals surface area contributed by atoms with Gasteiger partial charge in [0.15, 0.2) is 0 Å². The molecule has 1 saturated heterocycles. The van der Waals surface area contributed by atoms with Gasteiger partial charge >= 0.3 is 0 Å². The van der Waals surface area contributed by atoms with Gasteiger partial charge in [-0.3, -0.25) is 4.90 Å². The summed E-state index contributed by atoms with van der Waals surface area (Å²) in [6, 6.07) is 11.5. The van der Waals surface area contributed by atoms with Gasteiger partial charge in [0.25, 0.3) is 0 Å². The van der Waals surface area contributed by atoms with E-state index in [1.54, 1.807) is 6.07 Å². The van der Waals surface area contributed by atoms with Crippen molar-refractivity contribution in [2.75, 3.05) is 31.1 Å². The number of pyridine rings is 2. The molecule has 3 heterocycles. The first-order chi connectivity index (χ1) is 10.7. The van der Waals surface area contributed by atoms with Crippen LogP contribution in [0, 0.1) is 11.3 Å². The Bertz CT molecular complexity index is 672. The maximum Gasteiger partial charge on any atom is 0.142 e. The standard InChI is InChI=1S/C16H16ClN5/c17-15-5-4-13(11-19-15)12-21-6-8-22(9-7-21)16-3-1-2-14(10-18)20-16/h1-5,11H,6-9,12H2. The zero-order chi connectivity index (χ0) is 15.4. The van der Waals surface area contributed by atoms with Crippen LogP contribution in [0.1, 0.15) is 11.3 Å². The second kappa shape index (κ2) is 6.73. The lowest BCUT2D eigenvalue weighted by Crippen LogP contribution is -2.46. The average Bonchev–Trinajstić information content (AvgIpc) is 2.58. The molecule has 1 aliphatic rings. The van der Waals surface area contributed by atoms with Crippen molar-refractivity contribution in [1.29, 1.82) is 5.26 Å². The van der Waals surface area contributed by atoms with E-state index in [2.05, 4.69) is 25.8 Å². The lowest BCUT2D eigenvalue weighted by Gasteiger charge is -2.35. The monoisotopic (exact) mass is 313 g/mol. The van der Waals surface area contributed by atoms with Crippen LogP contribution in [0.5, 0.6) is 0 Å². The summed E-state index contributed by atoms with van der Waals surface area (Å²) in [5.74, 6) is 0.881. The van der Waals surface area contributed by atoms with Gasteiger partial charge in [0.1, 0.15) is 22.7 Å². The fourth-order valence-electron chi connectivity index (χ4n) is 2.55. The first-order valence-corrected chi connectivity index (χ1v) is 7.57. The summed E-state index contributed by atoms with van der Waals surface area (Å²) in [5.41, 5.74) is 1.63. The van der Waals surface area contributed by atoms with Gasteiger partial charge in [-0.1, -0.05) is 23.7 Å². The van der Waals surface area contributed by atoms with Gasteiger partial charge in [-0.2, -0.15) is 5.26 Å². The summed E-state index contributed by atoms with van der Waals surface area (Å²) < 4.78 is 0. The van der Waals surface area contributed by atoms with Crippen molar-refractivity contribution < 1.29 is 0 Å². The quantitative estimate of drug-likeness (QED) is 0.814. The number of nitrogens with zero attached hydrogens (tertiary/aromatic N) is 5. The van der Waals surface area contributed by atoms with Crippen LogP contribution in [0.2, 0.25) is 5.15 Å². The lowest BCUT2D eigenvalue weighted by molar-refractivity contribution is 0.249. The minimum atomic E-state index is 0.465. The smallest absolute Gasteiger partial charge is 0.142 e. The van der Waals surface area contributed by atoms with Gasteiger partial charge in [0.05, 0.1) is 0 Å². The van der Waals surface area contributed by atoms with Crippen LogP contribution in [0.4, 0.5) is 5.82 Å². The highest BCUT2D eigenvalue weighted by molar-refractivity contribution is 6.29. The molecule has 0 unspecified atom stereocenters. The Morgan fingerprint density at radius 3 is 2.64 bits per heavy atom. The Morgan fingerprint density at radius 2 is 1.95 bits per heavy atom. The maximum absolute atomic E-state index is 8.93. The summed E-state index contributed by atoms with van der Waals surface area (Å²) in [6.45, 7) is 4.61. The summed E-state index contributed by atoms with van der Waals surface area (Å²) in [4.78, 5) is 13.1. The number of halogens is 1. The SMILES string of the molecule is N#Cc1cccc(N2CCN(Cc3ccc(Cl)nc3)CC2)n1. The van der Waals surface area contributed by atoms with Crippen LogP contribution in [-0.2, 0) is 6.54 Å². The second-order valence-corrected chi connectivity index (χ2v) is 5.63. The van der Waals surface area contributed by atoms with Gasteiger partial charge < -0.3 is 4.90 Å². The second-order valence-electron chi connectivity index (χ2n) is 5.25. The Balaban J connectivity index is 1.58. The molecule has 0 amide bonds. The topological polar surface area (TPSA) is 56.1 Å². The minimum Gasteiger partial charge on any atom is -0.354 e. The molecular weight excluding hydrogens is 298 g/mol. The molecule has 2 aromatic heterocycles. The van der Waals surface area contributed by atoms with Crippen molar-refractivity contribution in [2.24, 2.45) is 0 Å². The van der Waals surface area contributed by atoms with Crippen LogP contribution < -0.4 is 4.90 Å². The summed E-state index contributed by atoms with van der Waals surface area (Å²) in [7, 11) is 0. The highest BCUT2D eigenvalue weighted by Crippen LogP contribution is 2.15. The Labute approximate surface area is 134 Å². The molecule has 3 rings (SSSR count). The van der Waals surface area contributed by atoms with Gasteiger partial charge in [-0.25, -0.2) is 9.97 Å². The summed E-state index contributed by atoms with van der Waals surface area (Å²) >= 11 is 5.80. The predicted octanol–water partition coefficient (Wildman–Crippen LogP) is 2.32. The van der Waals surface area contributed by atoms with E-state index in [-0.39, 0.29) is 0 Å². The molecular formula is C16H16ClN5. The molecule has 0 N–H and O–H groups in total. The normalized spacial score (nSPS) is 15.5. The lowest BCUT2D eigenvalue weighted by atomic mass is 10.2. The van der Waals surface area contributed by atoms with E-state index in [0.717, 1.165) is 38.5 Å². The van der Waals surface area contributed by atoms with Gasteiger partial charge in [-0.15, -0.1) is 0 Å². The molecule has 5 nitrogen and oxygen atoms in total. The molecule has 2 aromatic rings. The molecule has 0 atom stereocenters. The third kappa shape index (κ3) is 3.53. The Hall–Kier alpha value is -2.16. The number of hydrogen-bond donors (Lipinski definition) is 0. The van der Waals surface area contributed by atoms with Gasteiger partial charge in [-0.05, 0) is 23.8 Å². The molecule has 0 spiro atoms. The number of nitriles is 1. The number of rotatable bonds is 3. The summed E-state index contributed by atoms with van der Waals surface area (Å²) in [6.07, 6.45) is 1.83. The molecule has 0 aliphatic carbocycles. The largest absolute Gasteiger partial charge is 0.354 e. The fourth-order valence-corrected chi connectivity index (χ4v) is 2.67. The van der Waals surface area contributed by atoms with E-state index in [9.17, 15) is 0 Å². The summed E-state index contributed by atoms with van der Waals surface area (Å²) in [5, 5.41) is 9.46. The molecule has 112 valence electrons. The third-order valence-corrected chi connectivity index (χ3v) is 3.96. The predicted molar refractivity (Wildman–Crippen MR) is 85.7 cm³/mol. The molecule has 6 heteroatoms. The number of anilines is 1. The fraction of sp³-hybridized carbons (Fsp3) is 0.312. The van der Waals surface area contributed by atoms with Gasteiger partial charge in [0.2, 0.25) is 0 Å². The number of hydrogen-bond acceptors (Lipinski definition) is 5. The zero-order valence-corrected chi connectivity index (χ0v) is 12.9. The molecule has 1 aliphatic heterocycles. The molecule has 0 bridgehead atoms. The van der Waals surface area contributed by atoms with Crippen LogP contribution in [0.15, 0.2) is 36.5 Å². The molecule has 0 radical (unpaired) electrons. The van der Waals surface area contributed by atoms with Crippen molar-refractivity contribution in [2.45, 2.75) is 6.54 Å². The average molecular weight is 314 g/mol. The Morgan fingerprint density at radius 1 is 1.14 bits per heavy atom. The Kier molecular flexibility index (Phi) is 4.52. The first-order valence-electron chi connectivity index (χ1n) is 7.19. The minimum absolute atomic E-state index is 0.465. The third-order valence-electron chi connectivity index (χ3n) is 3.74. The molecule has 0 saturated carbocycles. The van der Waals surface area contributed by atoms with E-state index in [1.807, 2.05) is 30.5 Å². The van der Waals surface area contributed by atoms with Crippen molar-refractivity contribution in [3.8, 4) is 6.07 Å².